The number of halogens is 8. The SMILES string of the molecule is CCn1c(=O)c(-c2ccc(C3CC3)cc2C(F)(F)F)cc2cnc(Nc3ccc(C4CCCNC4)cc3)nc21.CCn1c(=O)c(-c2ccc(C3CC3)cc2C(F)(F)F)cc2cnc(Nc3ccc(C4CCNCC4)cc3)nc21.CCn1c(=O)c(-c2ccc(C3CC3)cc2F)cc2cnc(Nc3ccc(N4CCNCC4)c(F)c3)nc21. The van der Waals surface area contributed by atoms with E-state index in [-0.39, 0.29) is 75.6 Å². The molecule has 0 spiro atoms. The molecule has 3 saturated heterocycles. The molecule has 6 aromatic carbocycles. The predicted molar refractivity (Wildman–Crippen MR) is 435 cm³/mol. The number of hydrogen-bond donors (Lipinski definition) is 6. The Morgan fingerprint density at radius 2 is 0.765 bits per heavy atom. The Morgan fingerprint density at radius 1 is 0.383 bits per heavy atom. The lowest BCUT2D eigenvalue weighted by atomic mass is 9.90. The minimum atomic E-state index is -4.58. The van der Waals surface area contributed by atoms with Crippen molar-refractivity contribution >= 4 is 73.7 Å². The third-order valence-corrected chi connectivity index (χ3v) is 22.7. The molecule has 27 heteroatoms. The highest BCUT2D eigenvalue weighted by molar-refractivity contribution is 5.86. The van der Waals surface area contributed by atoms with Crippen molar-refractivity contribution in [3.05, 3.63) is 240 Å². The van der Waals surface area contributed by atoms with Crippen molar-refractivity contribution in [1.82, 2.24) is 59.6 Å². The van der Waals surface area contributed by atoms with Crippen LogP contribution >= 0.6 is 0 Å². The molecule has 18 rings (SSSR count). The zero-order valence-corrected chi connectivity index (χ0v) is 64.0. The minimum absolute atomic E-state index is 0.00293. The van der Waals surface area contributed by atoms with E-state index in [1.807, 2.05) is 42.2 Å². The fraction of sp³-hybridized carbons (Fsp3) is 0.352. The molecule has 3 aliphatic heterocycles. The van der Waals surface area contributed by atoms with Crippen molar-refractivity contribution in [2.45, 2.75) is 147 Å². The molecule has 6 N–H and O–H groups in total. The first-order chi connectivity index (χ1) is 55.6. The molecule has 9 heterocycles. The molecule has 3 saturated carbocycles. The highest BCUT2D eigenvalue weighted by Gasteiger charge is 2.39. The van der Waals surface area contributed by atoms with Gasteiger partial charge in [-0.1, -0.05) is 60.7 Å². The fourth-order valence-electron chi connectivity index (χ4n) is 16.0. The highest BCUT2D eigenvalue weighted by atomic mass is 19.4. The summed E-state index contributed by atoms with van der Waals surface area (Å²) in [5.41, 5.74) is 6.23. The van der Waals surface area contributed by atoms with E-state index in [2.05, 4.69) is 86.1 Å². The Balaban J connectivity index is 0.000000130. The first-order valence-electron chi connectivity index (χ1n) is 39.8. The monoisotopic (exact) mass is 1570 g/mol. The molecule has 12 aromatic rings. The van der Waals surface area contributed by atoms with Gasteiger partial charge in [-0.3, -0.25) is 28.1 Å². The fourth-order valence-corrected chi connectivity index (χ4v) is 16.0. The van der Waals surface area contributed by atoms with Gasteiger partial charge in [0.1, 0.15) is 28.6 Å². The molecule has 115 heavy (non-hydrogen) atoms. The Kier molecular flexibility index (Phi) is 22.2. The molecular formula is C88H88F8N16O3. The maximum Gasteiger partial charge on any atom is 0.417 e. The van der Waals surface area contributed by atoms with Gasteiger partial charge in [-0.05, 0) is 252 Å². The number of rotatable bonds is 18. The number of benzene rings is 6. The van der Waals surface area contributed by atoms with Crippen molar-refractivity contribution < 1.29 is 35.1 Å². The molecule has 0 radical (unpaired) electrons. The molecule has 6 aromatic heterocycles. The van der Waals surface area contributed by atoms with Gasteiger partial charge in [0.25, 0.3) is 16.7 Å². The molecule has 3 aliphatic carbocycles. The second-order valence-electron chi connectivity index (χ2n) is 30.5. The summed E-state index contributed by atoms with van der Waals surface area (Å²) in [6.07, 6.45) is 5.85. The highest BCUT2D eigenvalue weighted by Crippen LogP contribution is 2.47. The normalized spacial score (nSPS) is 16.8. The second-order valence-corrected chi connectivity index (χ2v) is 30.5. The van der Waals surface area contributed by atoms with Gasteiger partial charge in [-0.2, -0.15) is 41.3 Å². The quantitative estimate of drug-likeness (QED) is 0.0440. The van der Waals surface area contributed by atoms with Crippen LogP contribution in [0.2, 0.25) is 0 Å². The predicted octanol–water partition coefficient (Wildman–Crippen LogP) is 18.0. The minimum Gasteiger partial charge on any atom is -0.367 e. The number of pyridine rings is 3. The number of anilines is 7. The van der Waals surface area contributed by atoms with Crippen LogP contribution in [0.1, 0.15) is 154 Å². The van der Waals surface area contributed by atoms with Gasteiger partial charge in [0, 0.05) is 121 Å². The molecule has 1 atom stereocenters. The summed E-state index contributed by atoms with van der Waals surface area (Å²) in [6.45, 7) is 13.5. The molecule has 6 fully saturated rings. The lowest BCUT2D eigenvalue weighted by molar-refractivity contribution is -0.138. The zero-order chi connectivity index (χ0) is 79.8. The molecule has 19 nitrogen and oxygen atoms in total. The van der Waals surface area contributed by atoms with Gasteiger partial charge in [0.2, 0.25) is 17.8 Å². The first kappa shape index (κ1) is 77.6. The van der Waals surface area contributed by atoms with Crippen molar-refractivity contribution in [1.29, 1.82) is 0 Å². The summed E-state index contributed by atoms with van der Waals surface area (Å²) in [5.74, 6) is 1.98. The first-order valence-corrected chi connectivity index (χ1v) is 39.8. The van der Waals surface area contributed by atoms with Crippen LogP contribution in [0, 0.1) is 11.6 Å². The Hall–Kier alpha value is -11.3. The number of alkyl halides is 6. The van der Waals surface area contributed by atoms with Crippen LogP contribution in [0.3, 0.4) is 0 Å². The molecule has 1 unspecified atom stereocenters. The van der Waals surface area contributed by atoms with Crippen molar-refractivity contribution in [2.24, 2.45) is 0 Å². The standard InChI is InChI=1S/2C30H30F3N5O.C28H28F2N6O/c1-2-38-27-22(15-25(28(38)39)24-10-7-21(19-3-4-19)16-26(24)30(31,32)33)17-35-29(37-27)36-23-8-5-18(6-9-23)20-11-13-34-14-12-20;1-2-38-27-22(14-25(28(38)39)24-12-9-20(18-5-6-18)15-26(24)30(31,32)33)17-35-29(37-27)36-23-10-7-19(8-11-23)21-4-3-13-34-16-21;1-2-36-26-19(13-22(27(36)37)21-7-5-18(14-23(21)29)17-3-4-17)16-32-28(34-26)33-20-6-8-25(24(30)15-20)35-11-9-31-10-12-35/h5-10,15-17,19-20,34H,2-4,11-14H2,1H3,(H,35,36,37);7-12,14-15,17-18,21,34H,2-6,13,16H2,1H3,(H,35,36,37);5-8,13-17,31H,2-4,9-12H2,1H3,(H,32,33,34). The van der Waals surface area contributed by atoms with Crippen LogP contribution in [0.4, 0.5) is 75.7 Å². The third kappa shape index (κ3) is 17.1. The summed E-state index contributed by atoms with van der Waals surface area (Å²) >= 11 is 0. The average molecular weight is 1570 g/mol. The number of nitrogens with one attached hydrogen (secondary N) is 6. The van der Waals surface area contributed by atoms with E-state index in [9.17, 15) is 49.5 Å². The van der Waals surface area contributed by atoms with Crippen LogP contribution in [-0.2, 0) is 32.0 Å². The van der Waals surface area contributed by atoms with E-state index in [0.717, 1.165) is 121 Å². The van der Waals surface area contributed by atoms with Crippen molar-refractivity contribution in [3.8, 4) is 33.4 Å². The van der Waals surface area contributed by atoms with E-state index < -0.39 is 40.4 Å². The average Bonchev–Trinajstić information content (AvgIpc) is 1.76. The lowest BCUT2D eigenvalue weighted by Crippen LogP contribution is -2.43. The third-order valence-electron chi connectivity index (χ3n) is 22.7. The number of fused-ring (bicyclic) bond motifs is 3. The number of aromatic nitrogens is 9. The number of nitrogens with zero attached hydrogens (tertiary/aromatic N) is 10. The molecule has 0 amide bonds. The van der Waals surface area contributed by atoms with Gasteiger partial charge in [0.15, 0.2) is 0 Å². The Morgan fingerprint density at radius 3 is 1.17 bits per heavy atom. The number of piperazine rings is 1. The van der Waals surface area contributed by atoms with Crippen LogP contribution in [0.5, 0.6) is 0 Å². The van der Waals surface area contributed by atoms with Crippen LogP contribution in [-0.4, -0.2) is 96.0 Å². The van der Waals surface area contributed by atoms with Gasteiger partial charge in [-0.25, -0.2) is 23.7 Å². The summed E-state index contributed by atoms with van der Waals surface area (Å²) in [7, 11) is 0. The second kappa shape index (κ2) is 32.9. The Bertz CT molecular complexity index is 5570. The number of aryl methyl sites for hydroxylation is 3. The summed E-state index contributed by atoms with van der Waals surface area (Å²) in [4.78, 5) is 69.2. The topological polar surface area (TPSA) is 219 Å². The summed E-state index contributed by atoms with van der Waals surface area (Å²) in [5, 5.41) is 21.1. The van der Waals surface area contributed by atoms with Gasteiger partial charge >= 0.3 is 12.4 Å². The number of hydrogen-bond acceptors (Lipinski definition) is 16. The van der Waals surface area contributed by atoms with Crippen LogP contribution in [0.25, 0.3) is 66.5 Å². The van der Waals surface area contributed by atoms with E-state index >= 15 is 0 Å². The van der Waals surface area contributed by atoms with Crippen molar-refractivity contribution in [3.63, 3.8) is 0 Å². The van der Waals surface area contributed by atoms with Gasteiger partial charge in [0.05, 0.1) is 22.4 Å². The van der Waals surface area contributed by atoms with Crippen LogP contribution < -0.4 is 53.5 Å². The lowest BCUT2D eigenvalue weighted by Gasteiger charge is -2.29. The molecule has 0 bridgehead atoms. The van der Waals surface area contributed by atoms with Gasteiger partial charge in [-0.15, -0.1) is 0 Å². The Labute approximate surface area is 658 Å². The van der Waals surface area contributed by atoms with E-state index in [1.165, 1.54) is 80.1 Å². The van der Waals surface area contributed by atoms with Crippen LogP contribution in [0.15, 0.2) is 173 Å². The largest absolute Gasteiger partial charge is 0.417 e. The number of piperidine rings is 2. The van der Waals surface area contributed by atoms with E-state index in [1.54, 1.807) is 74.9 Å². The molecule has 6 aliphatic rings. The summed E-state index contributed by atoms with van der Waals surface area (Å²) in [6, 6.07) is 39.8. The smallest absolute Gasteiger partial charge is 0.367 e. The summed E-state index contributed by atoms with van der Waals surface area (Å²) < 4.78 is 119. The molecular weight excluding hydrogens is 1480 g/mol. The van der Waals surface area contributed by atoms with E-state index in [0.29, 0.717) is 91.8 Å². The molecule has 594 valence electrons. The van der Waals surface area contributed by atoms with Crippen molar-refractivity contribution in [2.75, 3.05) is 73.2 Å². The zero-order valence-electron chi connectivity index (χ0n) is 64.0. The van der Waals surface area contributed by atoms with Gasteiger partial charge < -0.3 is 36.8 Å². The maximum atomic E-state index is 15.0. The van der Waals surface area contributed by atoms with E-state index in [4.69, 9.17) is 0 Å². The maximum absolute atomic E-state index is 15.0.